The van der Waals surface area contributed by atoms with Gasteiger partial charge in [0.05, 0.1) is 6.67 Å². The maximum Gasteiger partial charge on any atom is 0.0506 e. The lowest BCUT2D eigenvalue weighted by Gasteiger charge is -2.66. The minimum absolute atomic E-state index is 0.578. The fourth-order valence-electron chi connectivity index (χ4n) is 5.82. The van der Waals surface area contributed by atoms with Crippen LogP contribution in [0.3, 0.4) is 0 Å². The smallest absolute Gasteiger partial charge is 0.0506 e. The lowest BCUT2D eigenvalue weighted by Crippen LogP contribution is -2.77. The number of nitrogens with one attached hydrogen (secondary N) is 1. The van der Waals surface area contributed by atoms with E-state index in [1.54, 1.807) is 0 Å². The Balaban J connectivity index is 1.67. The fourth-order valence-corrected chi connectivity index (χ4v) is 5.82. The van der Waals surface area contributed by atoms with Gasteiger partial charge >= 0.3 is 0 Å². The highest BCUT2D eigenvalue weighted by Crippen LogP contribution is 2.51. The summed E-state index contributed by atoms with van der Waals surface area (Å²) < 4.78 is 0. The Labute approximate surface area is 111 Å². The Morgan fingerprint density at radius 2 is 1.67 bits per heavy atom. The molecular weight excluding hydrogens is 222 g/mol. The molecule has 4 saturated heterocycles. The molecular formula is C15H27N3. The molecule has 4 bridgehead atoms. The van der Waals surface area contributed by atoms with Crippen molar-refractivity contribution in [1.82, 2.24) is 15.1 Å². The van der Waals surface area contributed by atoms with E-state index in [9.17, 15) is 0 Å². The molecule has 102 valence electrons. The van der Waals surface area contributed by atoms with Crippen LogP contribution in [0.15, 0.2) is 0 Å². The van der Waals surface area contributed by atoms with Crippen LogP contribution in [0.4, 0.5) is 0 Å². The lowest BCUT2D eigenvalue weighted by molar-refractivity contribution is -0.168. The first-order chi connectivity index (χ1) is 8.82. The molecule has 3 heteroatoms. The molecule has 0 aromatic rings. The monoisotopic (exact) mass is 249 g/mol. The highest BCUT2D eigenvalue weighted by molar-refractivity contribution is 5.12. The summed E-state index contributed by atoms with van der Waals surface area (Å²) in [5.41, 5.74) is 0.578. The fraction of sp³-hybridized carbons (Fsp3) is 1.00. The van der Waals surface area contributed by atoms with Gasteiger partial charge in [0.15, 0.2) is 0 Å². The largest absolute Gasteiger partial charge is 0.316 e. The molecule has 0 aromatic carbocycles. The van der Waals surface area contributed by atoms with Crippen LogP contribution in [-0.2, 0) is 0 Å². The van der Waals surface area contributed by atoms with Crippen LogP contribution in [0.25, 0.3) is 0 Å². The molecule has 0 aromatic heterocycles. The van der Waals surface area contributed by atoms with Gasteiger partial charge in [0.2, 0.25) is 0 Å². The molecule has 0 amide bonds. The predicted octanol–water partition coefficient (Wildman–Crippen LogP) is 1.36. The molecule has 0 radical (unpaired) electrons. The molecule has 1 aliphatic carbocycles. The van der Waals surface area contributed by atoms with E-state index in [0.717, 1.165) is 17.9 Å². The van der Waals surface area contributed by atoms with Gasteiger partial charge in [-0.2, -0.15) is 0 Å². The van der Waals surface area contributed by atoms with Crippen molar-refractivity contribution in [3.63, 3.8) is 0 Å². The van der Waals surface area contributed by atoms with Crippen molar-refractivity contribution in [2.75, 3.05) is 39.9 Å². The maximum absolute atomic E-state index is 3.73. The van der Waals surface area contributed by atoms with Gasteiger partial charge in [-0.3, -0.25) is 9.80 Å². The Bertz CT molecular complexity index is 310. The lowest BCUT2D eigenvalue weighted by atomic mass is 9.57. The van der Waals surface area contributed by atoms with Gasteiger partial charge < -0.3 is 5.32 Å². The van der Waals surface area contributed by atoms with E-state index in [1.807, 2.05) is 0 Å². The molecule has 3 unspecified atom stereocenters. The molecule has 5 rings (SSSR count). The summed E-state index contributed by atoms with van der Waals surface area (Å²) in [4.78, 5) is 5.47. The van der Waals surface area contributed by atoms with E-state index in [1.165, 1.54) is 65.0 Å². The molecule has 3 nitrogen and oxygen atoms in total. The highest BCUT2D eigenvalue weighted by Gasteiger charge is 2.58. The van der Waals surface area contributed by atoms with Crippen molar-refractivity contribution in [1.29, 1.82) is 0 Å². The maximum atomic E-state index is 3.73. The third-order valence-corrected chi connectivity index (χ3v) is 6.24. The number of piperidine rings is 2. The second-order valence-electron chi connectivity index (χ2n) is 7.26. The Hall–Kier alpha value is -0.120. The van der Waals surface area contributed by atoms with Gasteiger partial charge in [-0.05, 0) is 25.8 Å². The summed E-state index contributed by atoms with van der Waals surface area (Å²) in [5.74, 6) is 1.87. The molecule has 5 fully saturated rings. The molecule has 3 atom stereocenters. The second-order valence-corrected chi connectivity index (χ2v) is 7.26. The third kappa shape index (κ3) is 1.53. The normalized spacial score (nSPS) is 51.8. The molecule has 4 heterocycles. The van der Waals surface area contributed by atoms with Crippen LogP contribution in [0.5, 0.6) is 0 Å². The predicted molar refractivity (Wildman–Crippen MR) is 73.4 cm³/mol. The standard InChI is InChI=1S/C15H27N3/c1-16-14-12-7-17-9-15(14,10-18(8-12)11-17)13-5-3-2-4-6-13/h12-14,16H,2-11H2,1H3. The van der Waals surface area contributed by atoms with Gasteiger partial charge in [-0.1, -0.05) is 19.3 Å². The van der Waals surface area contributed by atoms with E-state index in [2.05, 4.69) is 22.2 Å². The molecule has 4 aliphatic heterocycles. The first-order valence-corrected chi connectivity index (χ1v) is 7.94. The zero-order valence-corrected chi connectivity index (χ0v) is 11.7. The SMILES string of the molecule is CNC1C2CN3CN(C2)CC1(C1CCCCC1)C3. The van der Waals surface area contributed by atoms with Gasteiger partial charge in [0.25, 0.3) is 0 Å². The van der Waals surface area contributed by atoms with Gasteiger partial charge in [-0.25, -0.2) is 0 Å². The van der Waals surface area contributed by atoms with E-state index in [0.29, 0.717) is 5.41 Å². The second kappa shape index (κ2) is 4.19. The zero-order valence-electron chi connectivity index (χ0n) is 11.7. The van der Waals surface area contributed by atoms with E-state index in [4.69, 9.17) is 0 Å². The number of hydrogen-bond acceptors (Lipinski definition) is 3. The average Bonchev–Trinajstić information content (AvgIpc) is 2.39. The molecule has 0 spiro atoms. The molecule has 1 saturated carbocycles. The summed E-state index contributed by atoms with van der Waals surface area (Å²) in [5, 5.41) is 3.73. The summed E-state index contributed by atoms with van der Waals surface area (Å²) in [6.07, 6.45) is 7.42. The van der Waals surface area contributed by atoms with Crippen LogP contribution in [0.1, 0.15) is 32.1 Å². The first kappa shape index (κ1) is 11.7. The third-order valence-electron chi connectivity index (χ3n) is 6.24. The Morgan fingerprint density at radius 3 is 2.28 bits per heavy atom. The molecule has 18 heavy (non-hydrogen) atoms. The van der Waals surface area contributed by atoms with Crippen molar-refractivity contribution < 1.29 is 0 Å². The van der Waals surface area contributed by atoms with Crippen molar-refractivity contribution >= 4 is 0 Å². The Kier molecular flexibility index (Phi) is 2.72. The summed E-state index contributed by atoms with van der Waals surface area (Å²) in [6, 6.07) is 0.786. The topological polar surface area (TPSA) is 18.5 Å². The number of hydrogen-bond donors (Lipinski definition) is 1. The minimum atomic E-state index is 0.578. The summed E-state index contributed by atoms with van der Waals surface area (Å²) in [6.45, 7) is 6.68. The average molecular weight is 249 g/mol. The van der Waals surface area contributed by atoms with Crippen molar-refractivity contribution in [2.45, 2.75) is 38.1 Å². The molecule has 1 N–H and O–H groups in total. The first-order valence-electron chi connectivity index (χ1n) is 7.94. The van der Waals surface area contributed by atoms with Gasteiger partial charge in [0, 0.05) is 43.6 Å². The van der Waals surface area contributed by atoms with Crippen LogP contribution in [0.2, 0.25) is 0 Å². The van der Waals surface area contributed by atoms with Crippen LogP contribution >= 0.6 is 0 Å². The van der Waals surface area contributed by atoms with Crippen molar-refractivity contribution in [2.24, 2.45) is 17.3 Å². The van der Waals surface area contributed by atoms with Crippen LogP contribution < -0.4 is 5.32 Å². The molecule has 5 aliphatic rings. The van der Waals surface area contributed by atoms with Crippen molar-refractivity contribution in [3.05, 3.63) is 0 Å². The summed E-state index contributed by atoms with van der Waals surface area (Å²) in [7, 11) is 2.21. The van der Waals surface area contributed by atoms with E-state index in [-0.39, 0.29) is 0 Å². The quantitative estimate of drug-likeness (QED) is 0.797. The highest BCUT2D eigenvalue weighted by atomic mass is 15.4. The van der Waals surface area contributed by atoms with Crippen molar-refractivity contribution in [3.8, 4) is 0 Å². The van der Waals surface area contributed by atoms with E-state index < -0.39 is 0 Å². The van der Waals surface area contributed by atoms with Gasteiger partial charge in [-0.15, -0.1) is 0 Å². The zero-order chi connectivity index (χ0) is 12.2. The Morgan fingerprint density at radius 1 is 1.00 bits per heavy atom. The van der Waals surface area contributed by atoms with Gasteiger partial charge in [0.1, 0.15) is 0 Å². The number of rotatable bonds is 2. The summed E-state index contributed by atoms with van der Waals surface area (Å²) >= 11 is 0. The number of nitrogens with zero attached hydrogens (tertiary/aromatic N) is 2. The minimum Gasteiger partial charge on any atom is -0.316 e. The van der Waals surface area contributed by atoms with Crippen LogP contribution in [-0.4, -0.2) is 55.7 Å². The van der Waals surface area contributed by atoms with E-state index >= 15 is 0 Å². The van der Waals surface area contributed by atoms with Crippen LogP contribution in [0, 0.1) is 17.3 Å².